The summed E-state index contributed by atoms with van der Waals surface area (Å²) >= 11 is 0. The van der Waals surface area contributed by atoms with Gasteiger partial charge in [0.15, 0.2) is 11.9 Å². The zero-order valence-electron chi connectivity index (χ0n) is 31.7. The summed E-state index contributed by atoms with van der Waals surface area (Å²) in [5.41, 5.74) is 2.00. The number of carbonyl (C=O) groups excluding carboxylic acids is 1. The number of aliphatic hydroxyl groups excluding tert-OH is 1. The Hall–Kier alpha value is -5.13. The van der Waals surface area contributed by atoms with Crippen LogP contribution in [0.2, 0.25) is 0 Å². The van der Waals surface area contributed by atoms with E-state index in [1.54, 1.807) is 62.9 Å². The number of nitrogens with zero attached hydrogens (tertiary/aromatic N) is 1. The number of fused-ring (bicyclic) bond motifs is 1. The molecule has 0 aliphatic carbocycles. The number of halogens is 3. The minimum absolute atomic E-state index is 0.0904. The van der Waals surface area contributed by atoms with E-state index >= 15 is 0 Å². The summed E-state index contributed by atoms with van der Waals surface area (Å²) in [6.45, 7) is -0.249. The highest BCUT2D eigenvalue weighted by Gasteiger charge is 2.54. The number of nitrogens with one attached hydrogen (secondary N) is 2. The van der Waals surface area contributed by atoms with E-state index in [2.05, 4.69) is 4.72 Å². The normalized spacial score (nSPS) is 18.8. The van der Waals surface area contributed by atoms with Crippen LogP contribution in [0.4, 0.5) is 18.9 Å². The first-order chi connectivity index (χ1) is 27.2. The fraction of sp³-hybridized carbons (Fsp3) is 0.341. The maximum atomic E-state index is 12.8. The smallest absolute Gasteiger partial charge is 0.471 e. The second-order valence-corrected chi connectivity index (χ2v) is 15.4. The van der Waals surface area contributed by atoms with Crippen molar-refractivity contribution >= 4 is 32.5 Å². The maximum Gasteiger partial charge on any atom is 0.471 e. The second-order valence-electron chi connectivity index (χ2n) is 13.6. The standard InChI is InChI=1S/C41H44F3N3O9S/c1-52-31-17-12-26(13-18-31)38(54-3)56-40(28-10-6-5-7-11-28,29-14-19-32(53-2)20-15-29)37-35(48)24-36(55-37)47-25-27(9-8-22-45-39(49)41(42,43)44)33-23-30(16-21-34(33)47)46-57(4,50)51/h5-7,10-21,23,25,35-38,46,48H,8-9,22,24H2,1-4H3,(H,45,49). The predicted molar refractivity (Wildman–Crippen MR) is 206 cm³/mol. The Balaban J connectivity index is 1.43. The van der Waals surface area contributed by atoms with E-state index < -0.39 is 52.4 Å². The van der Waals surface area contributed by atoms with Crippen LogP contribution in [0.3, 0.4) is 0 Å². The second kappa shape index (κ2) is 17.2. The molecule has 0 spiro atoms. The number of amides is 1. The lowest BCUT2D eigenvalue weighted by molar-refractivity contribution is -0.241. The molecule has 16 heteroatoms. The molecular formula is C41H44F3N3O9S. The third kappa shape index (κ3) is 9.21. The monoisotopic (exact) mass is 811 g/mol. The number of hydrogen-bond acceptors (Lipinski definition) is 9. The average Bonchev–Trinajstić information content (AvgIpc) is 3.76. The van der Waals surface area contributed by atoms with Crippen molar-refractivity contribution in [3.8, 4) is 11.5 Å². The van der Waals surface area contributed by atoms with Gasteiger partial charge in [0.25, 0.3) is 0 Å². The number of aromatic nitrogens is 1. The van der Waals surface area contributed by atoms with Crippen molar-refractivity contribution in [3.05, 3.63) is 126 Å². The molecule has 1 aromatic heterocycles. The number of anilines is 1. The van der Waals surface area contributed by atoms with E-state index in [1.165, 1.54) is 7.11 Å². The third-order valence-corrected chi connectivity index (χ3v) is 10.4. The molecule has 0 bridgehead atoms. The molecule has 57 heavy (non-hydrogen) atoms. The van der Waals surface area contributed by atoms with E-state index in [-0.39, 0.29) is 31.5 Å². The largest absolute Gasteiger partial charge is 0.497 e. The topological polar surface area (TPSA) is 147 Å². The molecule has 4 aromatic carbocycles. The summed E-state index contributed by atoms with van der Waals surface area (Å²) < 4.78 is 97.9. The van der Waals surface area contributed by atoms with Crippen molar-refractivity contribution in [1.29, 1.82) is 0 Å². The van der Waals surface area contributed by atoms with Gasteiger partial charge in [-0.15, -0.1) is 0 Å². The predicted octanol–water partition coefficient (Wildman–Crippen LogP) is 6.60. The van der Waals surface area contributed by atoms with Crippen molar-refractivity contribution in [3.63, 3.8) is 0 Å². The molecule has 1 aliphatic heterocycles. The number of benzene rings is 4. The molecule has 304 valence electrons. The SMILES string of the molecule is COc1ccc(C(OC)OC(c2ccccc2)(c2ccc(OC)cc2)C2OC(n3cc(CCCNC(=O)C(F)(F)F)c4cc(NS(C)(=O)=O)ccc43)CC2O)cc1. The first-order valence-corrected chi connectivity index (χ1v) is 19.9. The van der Waals surface area contributed by atoms with E-state index in [9.17, 15) is 31.5 Å². The molecule has 5 aromatic rings. The molecular weight excluding hydrogens is 768 g/mol. The molecule has 2 heterocycles. The molecule has 0 saturated carbocycles. The number of ether oxygens (including phenoxy) is 5. The highest BCUT2D eigenvalue weighted by molar-refractivity contribution is 7.92. The van der Waals surface area contributed by atoms with Gasteiger partial charge in [0.2, 0.25) is 10.0 Å². The summed E-state index contributed by atoms with van der Waals surface area (Å²) in [6.07, 6.45) is -5.71. The Kier molecular flexibility index (Phi) is 12.5. The highest BCUT2D eigenvalue weighted by Crippen LogP contribution is 2.49. The van der Waals surface area contributed by atoms with Gasteiger partial charge in [-0.05, 0) is 72.0 Å². The Labute approximate surface area is 328 Å². The Morgan fingerprint density at radius 3 is 2.16 bits per heavy atom. The number of carbonyl (C=O) groups is 1. The van der Waals surface area contributed by atoms with E-state index in [1.807, 2.05) is 64.5 Å². The summed E-state index contributed by atoms with van der Waals surface area (Å²) in [4.78, 5) is 11.4. The average molecular weight is 812 g/mol. The molecule has 0 radical (unpaired) electrons. The van der Waals surface area contributed by atoms with Gasteiger partial charge in [-0.25, -0.2) is 8.42 Å². The molecule has 5 atom stereocenters. The molecule has 1 amide bonds. The van der Waals surface area contributed by atoms with E-state index in [4.69, 9.17) is 23.7 Å². The van der Waals surface area contributed by atoms with Crippen molar-refractivity contribution in [2.45, 2.75) is 55.8 Å². The van der Waals surface area contributed by atoms with Gasteiger partial charge in [0.05, 0.1) is 32.1 Å². The lowest BCUT2D eigenvalue weighted by Crippen LogP contribution is -2.49. The zero-order chi connectivity index (χ0) is 41.0. The van der Waals surface area contributed by atoms with Crippen molar-refractivity contribution in [2.24, 2.45) is 0 Å². The number of methoxy groups -OCH3 is 3. The minimum Gasteiger partial charge on any atom is -0.497 e. The van der Waals surface area contributed by atoms with Crippen molar-refractivity contribution in [1.82, 2.24) is 9.88 Å². The van der Waals surface area contributed by atoms with Gasteiger partial charge in [-0.1, -0.05) is 54.6 Å². The van der Waals surface area contributed by atoms with Crippen molar-refractivity contribution in [2.75, 3.05) is 38.9 Å². The molecule has 1 aliphatic rings. The van der Waals surface area contributed by atoms with Gasteiger partial charge in [-0.2, -0.15) is 13.2 Å². The van der Waals surface area contributed by atoms with Crippen LogP contribution in [-0.2, 0) is 41.1 Å². The molecule has 12 nitrogen and oxygen atoms in total. The van der Waals surface area contributed by atoms with E-state index in [0.29, 0.717) is 44.7 Å². The van der Waals surface area contributed by atoms with Crippen LogP contribution < -0.4 is 19.5 Å². The fourth-order valence-electron chi connectivity index (χ4n) is 7.22. The van der Waals surface area contributed by atoms with E-state index in [0.717, 1.165) is 6.26 Å². The minimum atomic E-state index is -5.01. The van der Waals surface area contributed by atoms with Crippen LogP contribution in [0.25, 0.3) is 10.9 Å². The molecule has 5 unspecified atom stereocenters. The number of hydrogen-bond donors (Lipinski definition) is 3. The number of aliphatic hydroxyl groups is 1. The Morgan fingerprint density at radius 1 is 0.930 bits per heavy atom. The Morgan fingerprint density at radius 2 is 1.56 bits per heavy atom. The lowest BCUT2D eigenvalue weighted by atomic mass is 9.79. The van der Waals surface area contributed by atoms with Crippen LogP contribution in [0.1, 0.15) is 47.6 Å². The van der Waals surface area contributed by atoms with Gasteiger partial charge in [-0.3, -0.25) is 9.52 Å². The first kappa shape index (κ1) is 41.5. The molecule has 3 N–H and O–H groups in total. The van der Waals surface area contributed by atoms with Gasteiger partial charge in [0.1, 0.15) is 23.8 Å². The molecule has 6 rings (SSSR count). The summed E-state index contributed by atoms with van der Waals surface area (Å²) in [5.74, 6) is -0.800. The molecule has 1 saturated heterocycles. The Bertz CT molecular complexity index is 2250. The van der Waals surface area contributed by atoms with Gasteiger partial charge < -0.3 is 38.7 Å². The summed E-state index contributed by atoms with van der Waals surface area (Å²) in [6, 6.07) is 28.7. The van der Waals surface area contributed by atoms with Crippen LogP contribution >= 0.6 is 0 Å². The number of aryl methyl sites for hydroxylation is 1. The van der Waals surface area contributed by atoms with Crippen LogP contribution in [-0.4, -0.2) is 76.5 Å². The zero-order valence-corrected chi connectivity index (χ0v) is 32.5. The number of alkyl halides is 3. The van der Waals surface area contributed by atoms with Crippen molar-refractivity contribution < 1.29 is 55.2 Å². The summed E-state index contributed by atoms with van der Waals surface area (Å²) in [5, 5.41) is 14.6. The third-order valence-electron chi connectivity index (χ3n) is 9.81. The fourth-order valence-corrected chi connectivity index (χ4v) is 7.77. The lowest BCUT2D eigenvalue weighted by Gasteiger charge is -2.42. The van der Waals surface area contributed by atoms with Gasteiger partial charge in [0, 0.05) is 42.9 Å². The first-order valence-electron chi connectivity index (χ1n) is 18.0. The van der Waals surface area contributed by atoms with Crippen LogP contribution in [0.5, 0.6) is 11.5 Å². The number of rotatable bonds is 16. The maximum absolute atomic E-state index is 12.8. The molecule has 1 fully saturated rings. The quantitative estimate of drug-likeness (QED) is 0.0742. The van der Waals surface area contributed by atoms with Crippen LogP contribution in [0, 0.1) is 0 Å². The summed E-state index contributed by atoms with van der Waals surface area (Å²) in [7, 11) is 1.00. The van der Waals surface area contributed by atoms with Gasteiger partial charge >= 0.3 is 12.1 Å². The number of sulfonamides is 1. The highest BCUT2D eigenvalue weighted by atomic mass is 32.2. The van der Waals surface area contributed by atoms with Crippen LogP contribution in [0.15, 0.2) is 103 Å².